The van der Waals surface area contributed by atoms with Crippen LogP contribution < -0.4 is 0 Å². The summed E-state index contributed by atoms with van der Waals surface area (Å²) in [4.78, 5) is 26.2. The smallest absolute Gasteiger partial charge is 0.257 e. The summed E-state index contributed by atoms with van der Waals surface area (Å²) in [5.41, 5.74) is -1.96. The van der Waals surface area contributed by atoms with Crippen LogP contribution in [0.5, 0.6) is 0 Å². The van der Waals surface area contributed by atoms with E-state index in [1.54, 1.807) is 30.3 Å². The molecule has 5 rings (SSSR count). The molecule has 0 saturated carbocycles. The molecule has 3 heterocycles. The van der Waals surface area contributed by atoms with Gasteiger partial charge in [-0.3, -0.25) is 9.69 Å². The summed E-state index contributed by atoms with van der Waals surface area (Å²) in [5, 5.41) is 22.1. The predicted molar refractivity (Wildman–Crippen MR) is 153 cm³/mol. The minimum atomic E-state index is -1.64. The highest BCUT2D eigenvalue weighted by Gasteiger charge is 2.54. The number of likely N-dealkylation sites (tertiary alicyclic amines) is 1. The van der Waals surface area contributed by atoms with Crippen LogP contribution in [0.1, 0.15) is 59.1 Å². The van der Waals surface area contributed by atoms with E-state index in [9.17, 15) is 15.0 Å². The summed E-state index contributed by atoms with van der Waals surface area (Å²) in [7, 11) is 1.42. The van der Waals surface area contributed by atoms with E-state index in [-0.39, 0.29) is 30.2 Å². The number of hydrogen-bond acceptors (Lipinski definition) is 7. The van der Waals surface area contributed by atoms with Gasteiger partial charge < -0.3 is 19.8 Å². The average molecular weight is 604 g/mol. The number of halogens is 3. The Morgan fingerprint density at radius 3 is 2.37 bits per heavy atom. The van der Waals surface area contributed by atoms with E-state index in [1.807, 2.05) is 6.92 Å². The number of carbonyl (C=O) groups is 1. The molecule has 0 spiro atoms. The monoisotopic (exact) mass is 602 g/mol. The highest BCUT2D eigenvalue weighted by molar-refractivity contribution is 6.30. The number of β-amino-alcohol motifs (C(OH)–C–C–N with tert-alkyl or cyclic N) is 1. The molecule has 1 aromatic heterocycles. The molecular formula is C30H33Cl2FN4O4. The van der Waals surface area contributed by atoms with Gasteiger partial charge in [0.2, 0.25) is 0 Å². The number of methoxy groups -OCH3 is 1. The number of rotatable bonds is 9. The maximum atomic E-state index is 16.5. The van der Waals surface area contributed by atoms with Gasteiger partial charge in [-0.05, 0) is 68.1 Å². The highest BCUT2D eigenvalue weighted by Crippen LogP contribution is 2.49. The summed E-state index contributed by atoms with van der Waals surface area (Å²) in [6.07, 6.45) is 4.58. The van der Waals surface area contributed by atoms with Gasteiger partial charge in [0.25, 0.3) is 5.91 Å². The van der Waals surface area contributed by atoms with Crippen LogP contribution in [0, 0.1) is 11.7 Å². The summed E-state index contributed by atoms with van der Waals surface area (Å²) < 4.78 is 22.5. The van der Waals surface area contributed by atoms with Gasteiger partial charge in [-0.15, -0.1) is 0 Å². The second kappa shape index (κ2) is 11.9. The molecule has 0 aliphatic carbocycles. The van der Waals surface area contributed by atoms with Gasteiger partial charge in [-0.25, -0.2) is 14.4 Å². The normalized spacial score (nSPS) is 21.2. The summed E-state index contributed by atoms with van der Waals surface area (Å²) in [5.74, 6) is -0.983. The fraction of sp³-hybridized carbons (Fsp3) is 0.433. The van der Waals surface area contributed by atoms with E-state index in [0.29, 0.717) is 52.8 Å². The molecule has 1 saturated heterocycles. The summed E-state index contributed by atoms with van der Waals surface area (Å²) >= 11 is 12.1. The number of aromatic nitrogens is 2. The second-order valence-electron chi connectivity index (χ2n) is 10.6. The molecule has 3 aromatic rings. The molecule has 41 heavy (non-hydrogen) atoms. The lowest BCUT2D eigenvalue weighted by Crippen LogP contribution is -2.46. The lowest BCUT2D eigenvalue weighted by atomic mass is 9.73. The molecule has 2 N–H and O–H groups in total. The number of hydrogen-bond donors (Lipinski definition) is 2. The van der Waals surface area contributed by atoms with Gasteiger partial charge in [0.15, 0.2) is 5.72 Å². The average Bonchev–Trinajstić information content (AvgIpc) is 3.23. The third-order valence-electron chi connectivity index (χ3n) is 8.51. The third kappa shape index (κ3) is 5.24. The van der Waals surface area contributed by atoms with Crippen LogP contribution >= 0.6 is 23.2 Å². The molecule has 2 aliphatic rings. The Labute approximate surface area is 248 Å². The fourth-order valence-electron chi connectivity index (χ4n) is 6.35. The molecule has 1 fully saturated rings. The van der Waals surface area contributed by atoms with Crippen molar-refractivity contribution in [2.45, 2.75) is 44.1 Å². The van der Waals surface area contributed by atoms with E-state index < -0.39 is 23.1 Å². The van der Waals surface area contributed by atoms with E-state index in [2.05, 4.69) is 14.9 Å². The van der Waals surface area contributed by atoms with Crippen LogP contribution in [0.4, 0.5) is 4.39 Å². The van der Waals surface area contributed by atoms with Crippen molar-refractivity contribution >= 4 is 29.1 Å². The van der Waals surface area contributed by atoms with Crippen LogP contribution in [0.3, 0.4) is 0 Å². The molecule has 0 radical (unpaired) electrons. The van der Waals surface area contributed by atoms with Gasteiger partial charge in [0.1, 0.15) is 11.6 Å². The largest absolute Gasteiger partial charge is 0.395 e. The van der Waals surface area contributed by atoms with E-state index in [0.717, 1.165) is 13.1 Å². The maximum Gasteiger partial charge on any atom is 0.257 e. The maximum absolute atomic E-state index is 16.5. The van der Waals surface area contributed by atoms with Crippen LogP contribution in [-0.2, 0) is 22.6 Å². The molecule has 2 atom stereocenters. The Bertz CT molecular complexity index is 1400. The molecule has 218 valence electrons. The SMILES string of the molecule is CCC(O)(c1cc(F)c2c(c1)C(=O)N(Cc1ncc(Cl)cn1)[C@@]2(OC)c1ccc(Cl)cc1)C1CCN(CCO)CC1. The number of ether oxygens (including phenoxy) is 1. The molecule has 1 unspecified atom stereocenters. The zero-order valence-electron chi connectivity index (χ0n) is 23.0. The Morgan fingerprint density at radius 1 is 1.12 bits per heavy atom. The van der Waals surface area contributed by atoms with Crippen molar-refractivity contribution in [3.05, 3.63) is 92.7 Å². The predicted octanol–water partition coefficient (Wildman–Crippen LogP) is 4.73. The van der Waals surface area contributed by atoms with Crippen molar-refractivity contribution in [2.24, 2.45) is 5.92 Å². The molecule has 2 aliphatic heterocycles. The summed E-state index contributed by atoms with van der Waals surface area (Å²) in [6.45, 7) is 3.88. The van der Waals surface area contributed by atoms with Crippen molar-refractivity contribution in [3.63, 3.8) is 0 Å². The highest BCUT2D eigenvalue weighted by atomic mass is 35.5. The zero-order valence-corrected chi connectivity index (χ0v) is 24.5. The number of fused-ring (bicyclic) bond motifs is 1. The fourth-order valence-corrected chi connectivity index (χ4v) is 6.57. The third-order valence-corrected chi connectivity index (χ3v) is 8.95. The van der Waals surface area contributed by atoms with Crippen molar-refractivity contribution in [3.8, 4) is 0 Å². The van der Waals surface area contributed by atoms with Gasteiger partial charge in [0, 0.05) is 36.6 Å². The molecule has 0 bridgehead atoms. The first kappa shape index (κ1) is 29.8. The number of aliphatic hydroxyl groups is 2. The number of nitrogens with zero attached hydrogens (tertiary/aromatic N) is 4. The number of amides is 1. The van der Waals surface area contributed by atoms with Crippen LogP contribution in [0.15, 0.2) is 48.8 Å². The first-order chi connectivity index (χ1) is 19.7. The lowest BCUT2D eigenvalue weighted by molar-refractivity contribution is -0.0891. The van der Waals surface area contributed by atoms with Crippen LogP contribution in [-0.4, -0.2) is 69.2 Å². The standard InChI is InChI=1S/C30H33Cl2FN4O4/c1-3-29(40,19-8-10-36(11-9-19)12-13-38)21-14-24-27(25(33)15-21)30(41-2,20-4-6-22(31)7-5-20)37(28(24)39)18-26-34-16-23(32)17-35-26/h4-7,14-17,19,38,40H,3,8-13,18H2,1-2H3/t29?,30-/m1/s1. The first-order valence-electron chi connectivity index (χ1n) is 13.7. The lowest BCUT2D eigenvalue weighted by Gasteiger charge is -2.41. The summed E-state index contributed by atoms with van der Waals surface area (Å²) in [6, 6.07) is 9.64. The molecule has 1 amide bonds. The topological polar surface area (TPSA) is 99.0 Å². The second-order valence-corrected chi connectivity index (χ2v) is 11.4. The Morgan fingerprint density at radius 2 is 1.78 bits per heavy atom. The number of benzene rings is 2. The Kier molecular flexibility index (Phi) is 8.66. The quantitative estimate of drug-likeness (QED) is 0.365. The van der Waals surface area contributed by atoms with Crippen LogP contribution in [0.2, 0.25) is 10.0 Å². The van der Waals surface area contributed by atoms with Crippen molar-refractivity contribution in [2.75, 3.05) is 33.4 Å². The molecular weight excluding hydrogens is 570 g/mol. The van der Waals surface area contributed by atoms with Gasteiger partial charge >= 0.3 is 0 Å². The van der Waals surface area contributed by atoms with Gasteiger partial charge in [-0.1, -0.05) is 42.3 Å². The zero-order chi connectivity index (χ0) is 29.4. The van der Waals surface area contributed by atoms with Crippen molar-refractivity contribution < 1.29 is 24.1 Å². The molecule has 8 nitrogen and oxygen atoms in total. The van der Waals surface area contributed by atoms with Gasteiger partial charge in [0.05, 0.1) is 34.9 Å². The van der Waals surface area contributed by atoms with E-state index in [4.69, 9.17) is 27.9 Å². The van der Waals surface area contributed by atoms with E-state index >= 15 is 4.39 Å². The first-order valence-corrected chi connectivity index (χ1v) is 14.4. The Hall–Kier alpha value is -2.66. The van der Waals surface area contributed by atoms with Crippen molar-refractivity contribution in [1.29, 1.82) is 0 Å². The number of carbonyl (C=O) groups excluding carboxylic acids is 1. The number of aliphatic hydroxyl groups excluding tert-OH is 1. The molecule has 11 heteroatoms. The van der Waals surface area contributed by atoms with Crippen LogP contribution in [0.25, 0.3) is 0 Å². The molecule has 2 aromatic carbocycles. The Balaban J connectivity index is 1.62. The number of piperidine rings is 1. The van der Waals surface area contributed by atoms with Crippen molar-refractivity contribution in [1.82, 2.24) is 19.8 Å². The minimum absolute atomic E-state index is 0.0567. The van der Waals surface area contributed by atoms with Gasteiger partial charge in [-0.2, -0.15) is 0 Å². The van der Waals surface area contributed by atoms with E-state index in [1.165, 1.54) is 30.5 Å². The minimum Gasteiger partial charge on any atom is -0.395 e.